The van der Waals surface area contributed by atoms with Gasteiger partial charge in [0.25, 0.3) is 0 Å². The lowest BCUT2D eigenvalue weighted by atomic mass is 10.1. The van der Waals surface area contributed by atoms with E-state index in [9.17, 15) is 8.42 Å². The number of primary sulfonamides is 1. The average Bonchev–Trinajstić information content (AvgIpc) is 2.69. The number of nitrogens with two attached hydrogens (primary N) is 1. The van der Waals surface area contributed by atoms with Crippen molar-refractivity contribution < 1.29 is 8.42 Å². The zero-order chi connectivity index (χ0) is 15.8. The van der Waals surface area contributed by atoms with Crippen molar-refractivity contribution in [3.63, 3.8) is 0 Å². The van der Waals surface area contributed by atoms with Gasteiger partial charge in [-0.25, -0.2) is 13.6 Å². The first-order chi connectivity index (χ1) is 9.68. The Morgan fingerprint density at radius 2 is 1.90 bits per heavy atom. The number of benzene rings is 1. The molecule has 21 heavy (non-hydrogen) atoms. The monoisotopic (exact) mass is 452 g/mol. The second kappa shape index (κ2) is 6.37. The molecule has 0 saturated heterocycles. The third-order valence-electron chi connectivity index (χ3n) is 3.12. The summed E-state index contributed by atoms with van der Waals surface area (Å²) in [5.41, 5.74) is 2.68. The first kappa shape index (κ1) is 17.0. The molecule has 0 aliphatic heterocycles. The van der Waals surface area contributed by atoms with E-state index in [2.05, 4.69) is 37.2 Å². The van der Waals surface area contributed by atoms with Crippen LogP contribution in [0.1, 0.15) is 16.0 Å². The molecule has 1 heterocycles. The third-order valence-corrected chi connectivity index (χ3v) is 7.27. The SMILES string of the molecule is Cc1cc(S(N)(=O)=O)cc(NCc2cc(Br)c(Br)s2)c1C. The van der Waals surface area contributed by atoms with E-state index in [-0.39, 0.29) is 4.90 Å². The quantitative estimate of drug-likeness (QED) is 0.730. The van der Waals surface area contributed by atoms with Crippen LogP contribution in [0.4, 0.5) is 5.69 Å². The standard InChI is InChI=1S/C13H14Br2N2O2S2/c1-7-3-10(21(16,18)19)5-12(8(7)2)17-6-9-4-11(14)13(15)20-9/h3-5,17H,6H2,1-2H3,(H2,16,18,19). The van der Waals surface area contributed by atoms with Crippen molar-refractivity contribution in [3.05, 3.63) is 42.5 Å². The molecule has 1 aromatic heterocycles. The molecule has 0 fully saturated rings. The van der Waals surface area contributed by atoms with Crippen LogP contribution in [-0.4, -0.2) is 8.42 Å². The van der Waals surface area contributed by atoms with Gasteiger partial charge in [-0.1, -0.05) is 0 Å². The van der Waals surface area contributed by atoms with Gasteiger partial charge in [0, 0.05) is 21.6 Å². The van der Waals surface area contributed by atoms with E-state index < -0.39 is 10.0 Å². The highest BCUT2D eigenvalue weighted by Crippen LogP contribution is 2.33. The highest BCUT2D eigenvalue weighted by Gasteiger charge is 2.13. The Morgan fingerprint density at radius 3 is 2.43 bits per heavy atom. The Labute approximate surface area is 145 Å². The summed E-state index contributed by atoms with van der Waals surface area (Å²) in [6.07, 6.45) is 0. The van der Waals surface area contributed by atoms with E-state index >= 15 is 0 Å². The van der Waals surface area contributed by atoms with Crippen molar-refractivity contribution in [2.75, 3.05) is 5.32 Å². The molecule has 0 radical (unpaired) electrons. The van der Waals surface area contributed by atoms with E-state index in [1.165, 1.54) is 0 Å². The maximum absolute atomic E-state index is 11.5. The first-order valence-corrected chi connectivity index (χ1v) is 9.95. The van der Waals surface area contributed by atoms with Crippen LogP contribution in [-0.2, 0) is 16.6 Å². The number of nitrogens with one attached hydrogen (secondary N) is 1. The third kappa shape index (κ3) is 4.07. The number of hydrogen-bond acceptors (Lipinski definition) is 4. The number of sulfonamides is 1. The molecule has 0 unspecified atom stereocenters. The summed E-state index contributed by atoms with van der Waals surface area (Å²) < 4.78 is 25.1. The second-order valence-electron chi connectivity index (χ2n) is 4.65. The zero-order valence-corrected chi connectivity index (χ0v) is 16.2. The minimum atomic E-state index is -3.70. The molecule has 2 rings (SSSR count). The van der Waals surface area contributed by atoms with Crippen LogP contribution in [0.2, 0.25) is 0 Å². The van der Waals surface area contributed by atoms with Crippen LogP contribution in [0.25, 0.3) is 0 Å². The highest BCUT2D eigenvalue weighted by molar-refractivity contribution is 9.13. The van der Waals surface area contributed by atoms with Gasteiger partial charge in [0.05, 0.1) is 8.68 Å². The molecule has 0 spiro atoms. The van der Waals surface area contributed by atoms with E-state index in [0.717, 1.165) is 30.0 Å². The summed E-state index contributed by atoms with van der Waals surface area (Å²) in [6, 6.07) is 5.19. The minimum absolute atomic E-state index is 0.127. The van der Waals surface area contributed by atoms with Crippen LogP contribution in [0.15, 0.2) is 31.4 Å². The molecule has 0 amide bonds. The lowest BCUT2D eigenvalue weighted by Gasteiger charge is -2.13. The van der Waals surface area contributed by atoms with Gasteiger partial charge in [0.2, 0.25) is 10.0 Å². The number of anilines is 1. The number of aryl methyl sites for hydroxylation is 1. The number of thiophene rings is 1. The van der Waals surface area contributed by atoms with E-state index in [4.69, 9.17) is 5.14 Å². The van der Waals surface area contributed by atoms with Crippen LogP contribution < -0.4 is 10.5 Å². The largest absolute Gasteiger partial charge is 0.380 e. The van der Waals surface area contributed by atoms with Crippen molar-refractivity contribution in [3.8, 4) is 0 Å². The topological polar surface area (TPSA) is 72.2 Å². The molecular weight excluding hydrogens is 440 g/mol. The normalized spacial score (nSPS) is 11.7. The van der Waals surface area contributed by atoms with Crippen molar-refractivity contribution >= 4 is 58.9 Å². The van der Waals surface area contributed by atoms with Gasteiger partial charge in [-0.3, -0.25) is 0 Å². The van der Waals surface area contributed by atoms with Crippen LogP contribution in [0.3, 0.4) is 0 Å². The molecule has 2 aromatic rings. The maximum Gasteiger partial charge on any atom is 0.238 e. The summed E-state index contributed by atoms with van der Waals surface area (Å²) >= 11 is 8.52. The Hall–Kier alpha value is -0.410. The molecule has 3 N–H and O–H groups in total. The van der Waals surface area contributed by atoms with Crippen molar-refractivity contribution in [2.24, 2.45) is 5.14 Å². The van der Waals surface area contributed by atoms with E-state index in [1.807, 2.05) is 19.9 Å². The van der Waals surface area contributed by atoms with Gasteiger partial charge < -0.3 is 5.32 Å². The summed E-state index contributed by atoms with van der Waals surface area (Å²) in [7, 11) is -3.70. The summed E-state index contributed by atoms with van der Waals surface area (Å²) in [6.45, 7) is 4.43. The average molecular weight is 454 g/mol. The zero-order valence-electron chi connectivity index (χ0n) is 11.4. The summed E-state index contributed by atoms with van der Waals surface area (Å²) in [5.74, 6) is 0. The first-order valence-electron chi connectivity index (χ1n) is 6.00. The molecule has 114 valence electrons. The molecule has 0 atom stereocenters. The summed E-state index contributed by atoms with van der Waals surface area (Å²) in [5, 5.41) is 8.48. The van der Waals surface area contributed by atoms with Gasteiger partial charge in [-0.05, 0) is 75.0 Å². The number of halogens is 2. The van der Waals surface area contributed by atoms with Gasteiger partial charge in [-0.2, -0.15) is 0 Å². The van der Waals surface area contributed by atoms with Gasteiger partial charge in [0.1, 0.15) is 0 Å². The molecule has 0 aliphatic carbocycles. The van der Waals surface area contributed by atoms with Gasteiger partial charge in [0.15, 0.2) is 0 Å². The summed E-state index contributed by atoms with van der Waals surface area (Å²) in [4.78, 5) is 1.26. The van der Waals surface area contributed by atoms with Crippen LogP contribution in [0.5, 0.6) is 0 Å². The fraction of sp³-hybridized carbons (Fsp3) is 0.231. The van der Waals surface area contributed by atoms with E-state index in [1.54, 1.807) is 23.5 Å². The lowest BCUT2D eigenvalue weighted by Crippen LogP contribution is -2.13. The Bertz CT molecular complexity index is 766. The fourth-order valence-corrected chi connectivity index (χ4v) is 4.57. The molecular formula is C13H14Br2N2O2S2. The number of rotatable bonds is 4. The Morgan fingerprint density at radius 1 is 1.24 bits per heavy atom. The fourth-order valence-electron chi connectivity index (χ4n) is 1.83. The van der Waals surface area contributed by atoms with Gasteiger partial charge in [-0.15, -0.1) is 11.3 Å². The predicted octanol–water partition coefficient (Wildman–Crippen LogP) is 4.15. The molecule has 0 bridgehead atoms. The molecule has 0 aliphatic rings. The number of hydrogen-bond donors (Lipinski definition) is 2. The van der Waals surface area contributed by atoms with E-state index in [0.29, 0.717) is 6.54 Å². The molecule has 4 nitrogen and oxygen atoms in total. The Kier molecular flexibility index (Phi) is 5.15. The maximum atomic E-state index is 11.5. The predicted molar refractivity (Wildman–Crippen MR) is 94.3 cm³/mol. The Balaban J connectivity index is 2.29. The lowest BCUT2D eigenvalue weighted by molar-refractivity contribution is 0.597. The second-order valence-corrected chi connectivity index (χ2v) is 9.52. The molecule has 1 aromatic carbocycles. The molecule has 0 saturated carbocycles. The van der Waals surface area contributed by atoms with Crippen LogP contribution >= 0.6 is 43.2 Å². The van der Waals surface area contributed by atoms with Crippen molar-refractivity contribution in [1.82, 2.24) is 0 Å². The van der Waals surface area contributed by atoms with Crippen molar-refractivity contribution in [2.45, 2.75) is 25.3 Å². The molecule has 8 heteroatoms. The highest BCUT2D eigenvalue weighted by atomic mass is 79.9. The van der Waals surface area contributed by atoms with Gasteiger partial charge >= 0.3 is 0 Å². The minimum Gasteiger partial charge on any atom is -0.380 e. The smallest absolute Gasteiger partial charge is 0.238 e. The van der Waals surface area contributed by atoms with Crippen molar-refractivity contribution in [1.29, 1.82) is 0 Å². The van der Waals surface area contributed by atoms with Crippen LogP contribution in [0, 0.1) is 13.8 Å².